The number of carbonyl (C=O) groups is 2. The van der Waals surface area contributed by atoms with Gasteiger partial charge in [-0.05, 0) is 19.4 Å². The molecule has 0 radical (unpaired) electrons. The van der Waals surface area contributed by atoms with Gasteiger partial charge in [-0.2, -0.15) is 0 Å². The van der Waals surface area contributed by atoms with E-state index in [9.17, 15) is 14.7 Å². The van der Waals surface area contributed by atoms with E-state index in [0.29, 0.717) is 0 Å². The zero-order valence-electron chi connectivity index (χ0n) is 9.31. The second-order valence-electron chi connectivity index (χ2n) is 3.60. The predicted octanol–water partition coefficient (Wildman–Crippen LogP) is 0.898. The highest BCUT2D eigenvalue weighted by Gasteiger charge is 2.25. The molecule has 0 bridgehead atoms. The van der Waals surface area contributed by atoms with Gasteiger partial charge in [0.25, 0.3) is 0 Å². The van der Waals surface area contributed by atoms with E-state index in [-0.39, 0.29) is 27.8 Å². The average Bonchev–Trinajstić information content (AvgIpc) is 2.21. The molecule has 6 heteroatoms. The molecule has 0 aliphatic rings. The first-order chi connectivity index (χ1) is 7.82. The van der Waals surface area contributed by atoms with Gasteiger partial charge in [-0.25, -0.2) is 9.59 Å². The summed E-state index contributed by atoms with van der Waals surface area (Å²) in [6, 6.07) is 0. The molecule has 0 aliphatic heterocycles. The van der Waals surface area contributed by atoms with Gasteiger partial charge in [0.2, 0.25) is 0 Å². The van der Waals surface area contributed by atoms with Crippen LogP contribution in [-0.4, -0.2) is 32.4 Å². The molecule has 0 aliphatic carbocycles. The van der Waals surface area contributed by atoms with Gasteiger partial charge in [0.1, 0.15) is 5.75 Å². The van der Waals surface area contributed by atoms with Gasteiger partial charge < -0.3 is 20.4 Å². The number of phenols is 1. The molecule has 17 heavy (non-hydrogen) atoms. The minimum Gasteiger partial charge on any atom is -0.507 e. The molecule has 1 rings (SSSR count). The van der Waals surface area contributed by atoms with Crippen LogP contribution in [0.1, 0.15) is 37.4 Å². The van der Waals surface area contributed by atoms with Gasteiger partial charge in [-0.1, -0.05) is 0 Å². The second kappa shape index (κ2) is 4.42. The van der Waals surface area contributed by atoms with Crippen LogP contribution in [0.25, 0.3) is 0 Å². The van der Waals surface area contributed by atoms with Crippen LogP contribution in [0.4, 0.5) is 0 Å². The predicted molar refractivity (Wildman–Crippen MR) is 57.4 cm³/mol. The molecule has 1 aromatic rings. The maximum absolute atomic E-state index is 11.0. The quantitative estimate of drug-likeness (QED) is 0.623. The highest BCUT2D eigenvalue weighted by Crippen LogP contribution is 2.32. The molecule has 0 fully saturated rings. The molecule has 0 heterocycles. The fourth-order valence-electron chi connectivity index (χ4n) is 1.86. The van der Waals surface area contributed by atoms with Crippen LogP contribution in [0.5, 0.6) is 5.75 Å². The fraction of sp³-hybridized carbons (Fsp3) is 0.273. The molecule has 0 spiro atoms. The molecule has 0 saturated carbocycles. The Hall–Kier alpha value is -2.08. The summed E-state index contributed by atoms with van der Waals surface area (Å²) < 4.78 is 0. The minimum absolute atomic E-state index is 0.0179. The van der Waals surface area contributed by atoms with Crippen molar-refractivity contribution in [2.24, 2.45) is 0 Å². The van der Waals surface area contributed by atoms with Crippen molar-refractivity contribution in [1.82, 2.24) is 0 Å². The van der Waals surface area contributed by atoms with Crippen molar-refractivity contribution in [1.29, 1.82) is 0 Å². The average molecular weight is 240 g/mol. The monoisotopic (exact) mass is 240 g/mol. The summed E-state index contributed by atoms with van der Waals surface area (Å²) in [6.07, 6.45) is 0. The van der Waals surface area contributed by atoms with E-state index < -0.39 is 24.3 Å². The lowest BCUT2D eigenvalue weighted by Crippen LogP contribution is -2.13. The maximum atomic E-state index is 11.0. The fourth-order valence-corrected chi connectivity index (χ4v) is 1.86. The van der Waals surface area contributed by atoms with Crippen molar-refractivity contribution in [3.63, 3.8) is 0 Å². The van der Waals surface area contributed by atoms with Crippen LogP contribution in [0.2, 0.25) is 0 Å². The lowest BCUT2D eigenvalue weighted by atomic mass is 9.92. The van der Waals surface area contributed by atoms with Crippen LogP contribution in [-0.2, 0) is 6.61 Å². The SMILES string of the molecule is Cc1c(O)c(CO)c(C(=O)O)c(C)c1C(=O)O. The van der Waals surface area contributed by atoms with Crippen molar-refractivity contribution < 1.29 is 30.0 Å². The third-order valence-electron chi connectivity index (χ3n) is 2.65. The zero-order valence-corrected chi connectivity index (χ0v) is 9.31. The molecular formula is C11H12O6. The number of aliphatic hydroxyl groups is 1. The standard InChI is InChI=1S/C11H12O6/c1-4-7(10(14)15)5(2)9(13)6(3-12)8(4)11(16)17/h12-13H,3H2,1-2H3,(H,14,15)(H,16,17). The van der Waals surface area contributed by atoms with Crippen molar-refractivity contribution in [3.05, 3.63) is 27.8 Å². The molecule has 4 N–H and O–H groups in total. The molecule has 92 valence electrons. The number of aromatic hydroxyl groups is 1. The van der Waals surface area contributed by atoms with Crippen LogP contribution < -0.4 is 0 Å². The number of carboxylic acid groups (broad SMARTS) is 2. The van der Waals surface area contributed by atoms with Gasteiger partial charge in [0, 0.05) is 11.1 Å². The van der Waals surface area contributed by atoms with E-state index >= 15 is 0 Å². The summed E-state index contributed by atoms with van der Waals surface area (Å²) in [5, 5.41) is 36.7. The Bertz CT molecular complexity index is 503. The van der Waals surface area contributed by atoms with Gasteiger partial charge in [-0.15, -0.1) is 0 Å². The summed E-state index contributed by atoms with van der Waals surface area (Å²) >= 11 is 0. The summed E-state index contributed by atoms with van der Waals surface area (Å²) in [6.45, 7) is 2.02. The Labute approximate surface area is 96.8 Å². The molecule has 6 nitrogen and oxygen atoms in total. The molecule has 0 atom stereocenters. The Morgan fingerprint density at radius 1 is 1.00 bits per heavy atom. The van der Waals surface area contributed by atoms with Crippen molar-refractivity contribution in [2.45, 2.75) is 20.5 Å². The third-order valence-corrected chi connectivity index (χ3v) is 2.65. The van der Waals surface area contributed by atoms with Crippen molar-refractivity contribution in [2.75, 3.05) is 0 Å². The van der Waals surface area contributed by atoms with E-state index in [2.05, 4.69) is 0 Å². The lowest BCUT2D eigenvalue weighted by molar-refractivity contribution is 0.0691. The second-order valence-corrected chi connectivity index (χ2v) is 3.60. The third kappa shape index (κ3) is 1.94. The van der Waals surface area contributed by atoms with E-state index in [0.717, 1.165) is 0 Å². The maximum Gasteiger partial charge on any atom is 0.336 e. The molecular weight excluding hydrogens is 228 g/mol. The highest BCUT2D eigenvalue weighted by atomic mass is 16.4. The Kier molecular flexibility index (Phi) is 3.38. The molecule has 0 amide bonds. The Balaban J connectivity index is 3.82. The number of rotatable bonds is 3. The zero-order chi connectivity index (χ0) is 13.3. The highest BCUT2D eigenvalue weighted by molar-refractivity contribution is 5.99. The summed E-state index contributed by atoms with van der Waals surface area (Å²) in [5.41, 5.74) is -0.726. The normalized spacial score (nSPS) is 10.3. The first-order valence-electron chi connectivity index (χ1n) is 4.75. The van der Waals surface area contributed by atoms with E-state index in [1.54, 1.807) is 0 Å². The number of hydrogen-bond donors (Lipinski definition) is 4. The number of aliphatic hydroxyl groups excluding tert-OH is 1. The Morgan fingerprint density at radius 2 is 1.47 bits per heavy atom. The number of aromatic carboxylic acids is 2. The molecule has 0 saturated heterocycles. The summed E-state index contributed by atoms with van der Waals surface area (Å²) in [5.74, 6) is -3.19. The van der Waals surface area contributed by atoms with Crippen LogP contribution >= 0.6 is 0 Å². The number of carboxylic acids is 2. The van der Waals surface area contributed by atoms with Gasteiger partial charge >= 0.3 is 11.9 Å². The van der Waals surface area contributed by atoms with Crippen LogP contribution in [0.15, 0.2) is 0 Å². The Morgan fingerprint density at radius 3 is 1.82 bits per heavy atom. The minimum atomic E-state index is -1.38. The number of benzene rings is 1. The smallest absolute Gasteiger partial charge is 0.336 e. The molecule has 1 aromatic carbocycles. The molecule has 0 aromatic heterocycles. The topological polar surface area (TPSA) is 115 Å². The first-order valence-corrected chi connectivity index (χ1v) is 4.75. The number of hydrogen-bond acceptors (Lipinski definition) is 4. The van der Waals surface area contributed by atoms with Crippen LogP contribution in [0.3, 0.4) is 0 Å². The summed E-state index contributed by atoms with van der Waals surface area (Å²) in [7, 11) is 0. The van der Waals surface area contributed by atoms with Gasteiger partial charge in [0.05, 0.1) is 17.7 Å². The largest absolute Gasteiger partial charge is 0.507 e. The van der Waals surface area contributed by atoms with Crippen LogP contribution in [0, 0.1) is 13.8 Å². The first kappa shape index (κ1) is 13.0. The van der Waals surface area contributed by atoms with Crippen molar-refractivity contribution in [3.8, 4) is 5.75 Å². The van der Waals surface area contributed by atoms with Crippen molar-refractivity contribution >= 4 is 11.9 Å². The van der Waals surface area contributed by atoms with E-state index in [4.69, 9.17) is 15.3 Å². The molecule has 0 unspecified atom stereocenters. The van der Waals surface area contributed by atoms with Gasteiger partial charge in [0.15, 0.2) is 0 Å². The lowest BCUT2D eigenvalue weighted by Gasteiger charge is -2.15. The van der Waals surface area contributed by atoms with E-state index in [1.165, 1.54) is 13.8 Å². The summed E-state index contributed by atoms with van der Waals surface area (Å²) in [4.78, 5) is 22.0. The van der Waals surface area contributed by atoms with Gasteiger partial charge in [-0.3, -0.25) is 0 Å². The van der Waals surface area contributed by atoms with E-state index in [1.807, 2.05) is 0 Å².